The summed E-state index contributed by atoms with van der Waals surface area (Å²) in [6.07, 6.45) is 0.401. The molecule has 0 aromatic rings. The van der Waals surface area contributed by atoms with Gasteiger partial charge in [0.15, 0.2) is 0 Å². The van der Waals surface area contributed by atoms with Gasteiger partial charge < -0.3 is 9.84 Å². The summed E-state index contributed by atoms with van der Waals surface area (Å²) in [5.74, 6) is -1.34. The predicted molar refractivity (Wildman–Crippen MR) is 42.4 cm³/mol. The highest BCUT2D eigenvalue weighted by atomic mass is 16.5. The summed E-state index contributed by atoms with van der Waals surface area (Å²) in [5.41, 5.74) is 0.0766. The molecule has 0 aliphatic rings. The van der Waals surface area contributed by atoms with E-state index in [9.17, 15) is 9.59 Å². The van der Waals surface area contributed by atoms with Crippen LogP contribution in [-0.4, -0.2) is 17.0 Å². The maximum Gasteiger partial charge on any atom is 0.334 e. The van der Waals surface area contributed by atoms with Gasteiger partial charge in [-0.2, -0.15) is 0 Å². The zero-order valence-electron chi connectivity index (χ0n) is 7.38. The van der Waals surface area contributed by atoms with Gasteiger partial charge in [0.25, 0.3) is 0 Å². The van der Waals surface area contributed by atoms with Crippen molar-refractivity contribution in [2.45, 2.75) is 27.2 Å². The van der Waals surface area contributed by atoms with Gasteiger partial charge in [0, 0.05) is 13.3 Å². The van der Waals surface area contributed by atoms with Crippen LogP contribution in [0.4, 0.5) is 0 Å². The smallest absolute Gasteiger partial charge is 0.334 e. The number of esters is 1. The molecule has 0 rings (SSSR count). The lowest BCUT2D eigenvalue weighted by Crippen LogP contribution is -2.06. The minimum absolute atomic E-state index is 0.0766. The number of rotatable bonds is 3. The Kier molecular flexibility index (Phi) is 4.04. The maximum atomic E-state index is 10.5. The first kappa shape index (κ1) is 10.7. The summed E-state index contributed by atoms with van der Waals surface area (Å²) in [6, 6.07) is 0. The number of allylic oxidation sites excluding steroid dienone is 1. The summed E-state index contributed by atoms with van der Waals surface area (Å²) in [6.45, 7) is 4.37. The second kappa shape index (κ2) is 4.54. The van der Waals surface area contributed by atoms with Crippen molar-refractivity contribution < 1.29 is 19.4 Å². The molecule has 12 heavy (non-hydrogen) atoms. The van der Waals surface area contributed by atoms with Crippen molar-refractivity contribution in [1.82, 2.24) is 0 Å². The number of ether oxygens (including phenoxy) is 1. The molecule has 0 aromatic heterocycles. The van der Waals surface area contributed by atoms with Gasteiger partial charge in [-0.25, -0.2) is 4.79 Å². The molecule has 0 saturated heterocycles. The number of hydrogen-bond acceptors (Lipinski definition) is 3. The molecule has 1 N–H and O–H groups in total. The molecule has 0 radical (unpaired) electrons. The molecule has 0 amide bonds. The van der Waals surface area contributed by atoms with E-state index in [2.05, 4.69) is 4.74 Å². The molecule has 0 aliphatic carbocycles. The Bertz CT molecular complexity index is 227. The Morgan fingerprint density at radius 2 is 1.83 bits per heavy atom. The summed E-state index contributed by atoms with van der Waals surface area (Å²) < 4.78 is 4.68. The molecule has 0 saturated carbocycles. The molecule has 0 bridgehead atoms. The van der Waals surface area contributed by atoms with Crippen LogP contribution >= 0.6 is 0 Å². The SMILES string of the molecule is CC/C(OC(C)=O)=C(/C)C(=O)O. The second-order valence-electron chi connectivity index (χ2n) is 2.30. The van der Waals surface area contributed by atoms with Gasteiger partial charge >= 0.3 is 11.9 Å². The van der Waals surface area contributed by atoms with Crippen LogP contribution in [0.5, 0.6) is 0 Å². The van der Waals surface area contributed by atoms with E-state index in [0.29, 0.717) is 6.42 Å². The molecule has 0 unspecified atom stereocenters. The molecular formula is C8H12O4. The maximum absolute atomic E-state index is 10.5. The monoisotopic (exact) mass is 172 g/mol. The van der Waals surface area contributed by atoms with E-state index in [1.54, 1.807) is 6.92 Å². The van der Waals surface area contributed by atoms with Crippen LogP contribution in [0.1, 0.15) is 27.2 Å². The van der Waals surface area contributed by atoms with Gasteiger partial charge in [-0.1, -0.05) is 6.92 Å². The molecule has 0 atom stereocenters. The Morgan fingerprint density at radius 3 is 2.08 bits per heavy atom. The summed E-state index contributed by atoms with van der Waals surface area (Å²) >= 11 is 0. The third-order valence-electron chi connectivity index (χ3n) is 1.33. The average Bonchev–Trinajstić information content (AvgIpc) is 1.98. The van der Waals surface area contributed by atoms with Crippen molar-refractivity contribution in [3.63, 3.8) is 0 Å². The number of aliphatic carboxylic acids is 1. The Morgan fingerprint density at radius 1 is 1.33 bits per heavy atom. The van der Waals surface area contributed by atoms with Crippen LogP contribution in [0.3, 0.4) is 0 Å². The topological polar surface area (TPSA) is 63.6 Å². The van der Waals surface area contributed by atoms with Gasteiger partial charge in [-0.15, -0.1) is 0 Å². The zero-order valence-corrected chi connectivity index (χ0v) is 7.38. The van der Waals surface area contributed by atoms with E-state index in [1.165, 1.54) is 13.8 Å². The number of carbonyl (C=O) groups is 2. The van der Waals surface area contributed by atoms with Crippen LogP contribution in [0.2, 0.25) is 0 Å². The first-order valence-electron chi connectivity index (χ1n) is 3.60. The van der Waals surface area contributed by atoms with Crippen molar-refractivity contribution >= 4 is 11.9 Å². The highest BCUT2D eigenvalue weighted by Crippen LogP contribution is 2.10. The first-order valence-corrected chi connectivity index (χ1v) is 3.60. The van der Waals surface area contributed by atoms with Gasteiger partial charge in [-0.3, -0.25) is 4.79 Å². The van der Waals surface area contributed by atoms with Crippen LogP contribution in [-0.2, 0) is 14.3 Å². The van der Waals surface area contributed by atoms with E-state index in [1.807, 2.05) is 0 Å². The first-order chi connectivity index (χ1) is 5.49. The largest absolute Gasteiger partial charge is 0.478 e. The number of carbonyl (C=O) groups excluding carboxylic acids is 1. The quantitative estimate of drug-likeness (QED) is 0.396. The molecule has 68 valence electrons. The zero-order chi connectivity index (χ0) is 9.72. The lowest BCUT2D eigenvalue weighted by Gasteiger charge is -2.05. The molecule has 0 spiro atoms. The molecule has 4 nitrogen and oxygen atoms in total. The van der Waals surface area contributed by atoms with Crippen molar-refractivity contribution in [1.29, 1.82) is 0 Å². The predicted octanol–water partition coefficient (Wildman–Crippen LogP) is 1.32. The minimum Gasteiger partial charge on any atom is -0.478 e. The third-order valence-corrected chi connectivity index (χ3v) is 1.33. The highest BCUT2D eigenvalue weighted by Gasteiger charge is 2.10. The second-order valence-corrected chi connectivity index (χ2v) is 2.30. The standard InChI is InChI=1S/C8H12O4/c1-4-7(12-6(3)9)5(2)8(10)11/h4H2,1-3H3,(H,10,11)/b7-5+. The summed E-state index contributed by atoms with van der Waals surface area (Å²) in [7, 11) is 0. The van der Waals surface area contributed by atoms with Crippen molar-refractivity contribution in [2.24, 2.45) is 0 Å². The van der Waals surface area contributed by atoms with Crippen molar-refractivity contribution in [3.05, 3.63) is 11.3 Å². The van der Waals surface area contributed by atoms with Crippen molar-refractivity contribution in [2.75, 3.05) is 0 Å². The Hall–Kier alpha value is -1.32. The fourth-order valence-corrected chi connectivity index (χ4v) is 0.707. The summed E-state index contributed by atoms with van der Waals surface area (Å²) in [4.78, 5) is 20.9. The van der Waals surface area contributed by atoms with E-state index < -0.39 is 11.9 Å². The van der Waals surface area contributed by atoms with E-state index in [4.69, 9.17) is 5.11 Å². The van der Waals surface area contributed by atoms with Crippen LogP contribution < -0.4 is 0 Å². The lowest BCUT2D eigenvalue weighted by atomic mass is 10.2. The fraction of sp³-hybridized carbons (Fsp3) is 0.500. The molecule has 0 heterocycles. The average molecular weight is 172 g/mol. The minimum atomic E-state index is -1.06. The number of carboxylic acids is 1. The van der Waals surface area contributed by atoms with Gasteiger partial charge in [0.2, 0.25) is 0 Å². The third kappa shape index (κ3) is 3.18. The fourth-order valence-electron chi connectivity index (χ4n) is 0.707. The van der Waals surface area contributed by atoms with Gasteiger partial charge in [-0.05, 0) is 6.92 Å². The van der Waals surface area contributed by atoms with Crippen molar-refractivity contribution in [3.8, 4) is 0 Å². The lowest BCUT2D eigenvalue weighted by molar-refractivity contribution is -0.137. The molecule has 4 heteroatoms. The number of carboxylic acid groups (broad SMARTS) is 1. The number of hydrogen-bond donors (Lipinski definition) is 1. The summed E-state index contributed by atoms with van der Waals surface area (Å²) in [5, 5.41) is 8.55. The molecule has 0 aliphatic heterocycles. The van der Waals surface area contributed by atoms with E-state index in [-0.39, 0.29) is 11.3 Å². The Labute approximate surface area is 70.8 Å². The normalized spacial score (nSPS) is 11.9. The molecule has 0 fully saturated rings. The van der Waals surface area contributed by atoms with E-state index in [0.717, 1.165) is 0 Å². The van der Waals surface area contributed by atoms with Crippen LogP contribution in [0, 0.1) is 0 Å². The highest BCUT2D eigenvalue weighted by molar-refractivity contribution is 5.87. The van der Waals surface area contributed by atoms with Crippen LogP contribution in [0.25, 0.3) is 0 Å². The Balaban J connectivity index is 4.61. The van der Waals surface area contributed by atoms with Gasteiger partial charge in [0.1, 0.15) is 5.76 Å². The van der Waals surface area contributed by atoms with E-state index >= 15 is 0 Å². The van der Waals surface area contributed by atoms with Crippen LogP contribution in [0.15, 0.2) is 11.3 Å². The van der Waals surface area contributed by atoms with Gasteiger partial charge in [0.05, 0.1) is 5.57 Å². The molecule has 0 aromatic carbocycles. The molecular weight excluding hydrogens is 160 g/mol.